The number of rotatable bonds is 4. The van der Waals surface area contributed by atoms with Crippen molar-refractivity contribution in [3.05, 3.63) is 81.0 Å². The Balaban J connectivity index is 1.44. The maximum atomic E-state index is 14.1. The van der Waals surface area contributed by atoms with E-state index in [0.29, 0.717) is 36.9 Å². The average Bonchev–Trinajstić information content (AvgIpc) is 3.39. The van der Waals surface area contributed by atoms with Gasteiger partial charge in [0.05, 0.1) is 27.0 Å². The summed E-state index contributed by atoms with van der Waals surface area (Å²) in [6.45, 7) is 1.91. The van der Waals surface area contributed by atoms with E-state index in [-0.39, 0.29) is 39.2 Å². The van der Waals surface area contributed by atoms with Gasteiger partial charge in [-0.05, 0) is 24.3 Å². The number of nitrogens with zero attached hydrogens (tertiary/aromatic N) is 6. The van der Waals surface area contributed by atoms with Crippen LogP contribution in [0.5, 0.6) is 0 Å². The van der Waals surface area contributed by atoms with Crippen LogP contribution in [0.4, 0.5) is 30.5 Å². The molecule has 0 radical (unpaired) electrons. The predicted molar refractivity (Wildman–Crippen MR) is 144 cm³/mol. The van der Waals surface area contributed by atoms with Crippen molar-refractivity contribution in [1.29, 1.82) is 0 Å². The van der Waals surface area contributed by atoms with Gasteiger partial charge in [0, 0.05) is 50.5 Å². The average molecular weight is 575 g/mol. The quantitative estimate of drug-likeness (QED) is 0.315. The van der Waals surface area contributed by atoms with E-state index in [9.17, 15) is 18.0 Å². The molecule has 1 aliphatic heterocycles. The highest BCUT2D eigenvalue weighted by molar-refractivity contribution is 6.34. The monoisotopic (exact) mass is 574 g/mol. The Morgan fingerprint density at radius 2 is 1.79 bits per heavy atom. The topological polar surface area (TPSA) is 92.4 Å². The van der Waals surface area contributed by atoms with Crippen LogP contribution in [0, 0.1) is 0 Å². The van der Waals surface area contributed by atoms with Crippen molar-refractivity contribution in [1.82, 2.24) is 29.2 Å². The van der Waals surface area contributed by atoms with Crippen LogP contribution in [0.1, 0.15) is 5.56 Å². The summed E-state index contributed by atoms with van der Waals surface area (Å²) in [5.41, 5.74) is -0.671. The Bertz CT molecular complexity index is 1780. The maximum absolute atomic E-state index is 14.1. The number of hydrogen-bond acceptors (Lipinski definition) is 7. The van der Waals surface area contributed by atoms with Crippen molar-refractivity contribution in [2.75, 3.05) is 36.4 Å². The molecule has 3 aromatic heterocycles. The molecule has 0 aliphatic carbocycles. The van der Waals surface area contributed by atoms with Gasteiger partial charge in [-0.2, -0.15) is 18.2 Å². The van der Waals surface area contributed by atoms with Crippen molar-refractivity contribution in [3.8, 4) is 5.69 Å². The largest absolute Gasteiger partial charge is 0.418 e. The minimum Gasteiger partial charge on any atom is -0.367 e. The van der Waals surface area contributed by atoms with Crippen LogP contribution in [0.15, 0.2) is 59.8 Å². The molecule has 1 aliphatic rings. The lowest BCUT2D eigenvalue weighted by Gasteiger charge is -2.32. The van der Waals surface area contributed by atoms with Gasteiger partial charge in [0.1, 0.15) is 5.39 Å². The van der Waals surface area contributed by atoms with Gasteiger partial charge in [0.25, 0.3) is 5.56 Å². The molecule has 5 aromatic rings. The molecule has 1 saturated heterocycles. The third-order valence-corrected chi connectivity index (χ3v) is 7.01. The van der Waals surface area contributed by atoms with Crippen LogP contribution in [0.2, 0.25) is 10.0 Å². The van der Waals surface area contributed by atoms with Crippen LogP contribution in [0.3, 0.4) is 0 Å². The number of aromatic nitrogens is 5. The van der Waals surface area contributed by atoms with Gasteiger partial charge in [-0.3, -0.25) is 9.20 Å². The number of para-hydroxylation sites is 1. The summed E-state index contributed by atoms with van der Waals surface area (Å²) in [5.74, 6) is 0.236. The molecule has 2 aromatic carbocycles. The third-order valence-electron chi connectivity index (χ3n) is 6.40. The highest BCUT2D eigenvalue weighted by Gasteiger charge is 2.37. The van der Waals surface area contributed by atoms with Crippen molar-refractivity contribution in [2.24, 2.45) is 0 Å². The van der Waals surface area contributed by atoms with Crippen LogP contribution < -0.4 is 21.1 Å². The lowest BCUT2D eigenvalue weighted by atomic mass is 10.1. The number of fused-ring (bicyclic) bond motifs is 3. The zero-order chi connectivity index (χ0) is 27.3. The van der Waals surface area contributed by atoms with E-state index in [0.717, 1.165) is 6.07 Å². The molecule has 0 saturated carbocycles. The van der Waals surface area contributed by atoms with E-state index in [1.807, 2.05) is 0 Å². The number of imidazole rings is 1. The molecule has 0 amide bonds. The molecule has 0 spiro atoms. The van der Waals surface area contributed by atoms with Gasteiger partial charge in [-0.15, -0.1) is 0 Å². The molecule has 1 fully saturated rings. The number of halogens is 5. The Morgan fingerprint density at radius 3 is 2.54 bits per heavy atom. The minimum absolute atomic E-state index is 0.0218. The third kappa shape index (κ3) is 4.54. The van der Waals surface area contributed by atoms with Gasteiger partial charge in [-0.25, -0.2) is 14.5 Å². The maximum Gasteiger partial charge on any atom is 0.418 e. The first-order valence-corrected chi connectivity index (χ1v) is 12.6. The van der Waals surface area contributed by atoms with Crippen LogP contribution in [0.25, 0.3) is 22.5 Å². The Hall–Kier alpha value is -3.87. The second-order valence-corrected chi connectivity index (χ2v) is 9.65. The number of hydrogen-bond donors (Lipinski definition) is 2. The molecule has 0 atom stereocenters. The van der Waals surface area contributed by atoms with Crippen LogP contribution in [-0.4, -0.2) is 50.1 Å². The Labute approximate surface area is 228 Å². The fourth-order valence-electron chi connectivity index (χ4n) is 4.68. The molecule has 9 nitrogen and oxygen atoms in total. The second-order valence-electron chi connectivity index (χ2n) is 8.83. The highest BCUT2D eigenvalue weighted by atomic mass is 35.5. The smallest absolute Gasteiger partial charge is 0.367 e. The zero-order valence-electron chi connectivity index (χ0n) is 20.0. The van der Waals surface area contributed by atoms with E-state index in [1.165, 1.54) is 23.0 Å². The lowest BCUT2D eigenvalue weighted by molar-refractivity contribution is -0.137. The van der Waals surface area contributed by atoms with E-state index in [1.54, 1.807) is 39.8 Å². The number of piperazine rings is 1. The summed E-state index contributed by atoms with van der Waals surface area (Å²) in [6, 6.07) is 9.23. The van der Waals surface area contributed by atoms with Gasteiger partial charge in [0.2, 0.25) is 11.7 Å². The Morgan fingerprint density at radius 1 is 1.03 bits per heavy atom. The first-order valence-electron chi connectivity index (χ1n) is 11.9. The van der Waals surface area contributed by atoms with Crippen molar-refractivity contribution in [2.45, 2.75) is 6.18 Å². The van der Waals surface area contributed by atoms with Gasteiger partial charge >= 0.3 is 6.18 Å². The van der Waals surface area contributed by atoms with E-state index in [4.69, 9.17) is 23.2 Å². The molecule has 0 unspecified atom stereocenters. The first kappa shape index (κ1) is 25.4. The standard InChI is InChI=1S/C25H19Cl2F3N8O/c26-17-3-1-2-4-19(17)38-22(39)15-13-33-23(35-21(15)37-10-7-32-24(37)38)34-14-11-16(25(28,29)30)20(18(27)12-14)36-8-5-31-6-9-36/h1-4,7,10-13,31H,5-6,8-9H2,(H,33,34,35). The zero-order valence-corrected chi connectivity index (χ0v) is 21.5. The molecule has 2 N–H and O–H groups in total. The molecule has 14 heteroatoms. The van der Waals surface area contributed by atoms with Gasteiger partial charge in [-0.1, -0.05) is 35.3 Å². The van der Waals surface area contributed by atoms with Crippen molar-refractivity contribution in [3.63, 3.8) is 0 Å². The number of anilines is 3. The fraction of sp³-hybridized carbons (Fsp3) is 0.200. The number of benzene rings is 2. The van der Waals surface area contributed by atoms with Gasteiger partial charge in [0.15, 0.2) is 5.65 Å². The van der Waals surface area contributed by atoms with E-state index in [2.05, 4.69) is 25.6 Å². The van der Waals surface area contributed by atoms with Crippen LogP contribution in [-0.2, 0) is 6.18 Å². The first-order chi connectivity index (χ1) is 18.7. The summed E-state index contributed by atoms with van der Waals surface area (Å²) in [7, 11) is 0. The van der Waals surface area contributed by atoms with Gasteiger partial charge < -0.3 is 15.5 Å². The number of alkyl halides is 3. The summed E-state index contributed by atoms with van der Waals surface area (Å²) < 4.78 is 45.2. The van der Waals surface area contributed by atoms with E-state index < -0.39 is 17.3 Å². The highest BCUT2D eigenvalue weighted by Crippen LogP contribution is 2.43. The second kappa shape index (κ2) is 9.70. The molecular formula is C25H19Cl2F3N8O. The summed E-state index contributed by atoms with van der Waals surface area (Å²) >= 11 is 12.7. The summed E-state index contributed by atoms with van der Waals surface area (Å²) in [5, 5.41) is 6.40. The minimum atomic E-state index is -4.64. The van der Waals surface area contributed by atoms with Crippen molar-refractivity contribution < 1.29 is 13.2 Å². The van der Waals surface area contributed by atoms with Crippen LogP contribution >= 0.6 is 23.2 Å². The number of nitrogens with one attached hydrogen (secondary N) is 2. The molecule has 4 heterocycles. The van der Waals surface area contributed by atoms with E-state index >= 15 is 0 Å². The fourth-order valence-corrected chi connectivity index (χ4v) is 5.24. The predicted octanol–water partition coefficient (Wildman–Crippen LogP) is 4.91. The lowest BCUT2D eigenvalue weighted by Crippen LogP contribution is -2.44. The SMILES string of the molecule is O=c1c2cnc(Nc3cc(Cl)c(N4CCNCC4)c(C(F)(F)F)c3)nc2n2ccnc2n1-c1ccccc1Cl. The molecule has 0 bridgehead atoms. The normalized spacial score (nSPS) is 14.3. The molecular weight excluding hydrogens is 556 g/mol. The molecule has 200 valence electrons. The summed E-state index contributed by atoms with van der Waals surface area (Å²) in [6.07, 6.45) is -0.219. The summed E-state index contributed by atoms with van der Waals surface area (Å²) in [4.78, 5) is 28.0. The van der Waals surface area contributed by atoms with Crippen molar-refractivity contribution >= 4 is 57.3 Å². The Kier molecular flexibility index (Phi) is 6.32. The molecule has 6 rings (SSSR count). The molecule has 39 heavy (non-hydrogen) atoms.